The average molecular weight is 176 g/mol. The van der Waals surface area contributed by atoms with Crippen LogP contribution in [-0.4, -0.2) is 6.61 Å². The first kappa shape index (κ1) is 8.32. The molecule has 0 aliphatic heterocycles. The normalized spacial score (nSPS) is 15.7. The Kier molecular flexibility index (Phi) is 2.62. The molecule has 0 spiro atoms. The molecule has 0 bridgehead atoms. The van der Waals surface area contributed by atoms with Gasteiger partial charge in [-0.3, -0.25) is 0 Å². The van der Waals surface area contributed by atoms with Gasteiger partial charge in [0.2, 0.25) is 0 Å². The molecule has 0 fully saturated rings. The zero-order chi connectivity index (χ0) is 8.93. The first-order valence-electron chi connectivity index (χ1n) is 4.40. The van der Waals surface area contributed by atoms with E-state index in [1.54, 1.807) is 6.26 Å². The van der Waals surface area contributed by atoms with Gasteiger partial charge in [-0.2, -0.15) is 0 Å². The highest BCUT2D eigenvalue weighted by Crippen LogP contribution is 2.10. The fraction of sp³-hybridized carbons (Fsp3) is 0.273. The lowest BCUT2D eigenvalue weighted by Crippen LogP contribution is -2.02. The zero-order valence-electron chi connectivity index (χ0n) is 7.35. The summed E-state index contributed by atoms with van der Waals surface area (Å²) in [7, 11) is 0. The Hall–Kier alpha value is -1.28. The minimum Gasteiger partial charge on any atom is -0.467 e. The number of furan rings is 1. The maximum atomic E-state index is 5.47. The molecule has 0 saturated heterocycles. The van der Waals surface area contributed by atoms with E-state index in [4.69, 9.17) is 9.15 Å². The zero-order valence-corrected chi connectivity index (χ0v) is 7.35. The van der Waals surface area contributed by atoms with Crippen LogP contribution in [0.4, 0.5) is 0 Å². The van der Waals surface area contributed by atoms with Crippen LogP contribution in [0.25, 0.3) is 0 Å². The van der Waals surface area contributed by atoms with E-state index in [9.17, 15) is 0 Å². The Morgan fingerprint density at radius 1 is 1.31 bits per heavy atom. The SMILES string of the molecule is C1=CC(COCc2ccco2)C=C1. The third-order valence-electron chi connectivity index (χ3n) is 1.96. The molecule has 2 nitrogen and oxygen atoms in total. The maximum Gasteiger partial charge on any atom is 0.129 e. The van der Waals surface area contributed by atoms with Crippen LogP contribution in [0, 0.1) is 5.92 Å². The van der Waals surface area contributed by atoms with Crippen molar-refractivity contribution >= 4 is 0 Å². The van der Waals surface area contributed by atoms with E-state index in [0.717, 1.165) is 12.4 Å². The van der Waals surface area contributed by atoms with Gasteiger partial charge in [-0.15, -0.1) is 0 Å². The summed E-state index contributed by atoms with van der Waals surface area (Å²) >= 11 is 0. The summed E-state index contributed by atoms with van der Waals surface area (Å²) in [5, 5.41) is 0. The second-order valence-corrected chi connectivity index (χ2v) is 3.03. The fourth-order valence-electron chi connectivity index (χ4n) is 1.28. The van der Waals surface area contributed by atoms with E-state index >= 15 is 0 Å². The average Bonchev–Trinajstić information content (AvgIpc) is 2.75. The largest absolute Gasteiger partial charge is 0.467 e. The highest BCUT2D eigenvalue weighted by atomic mass is 16.5. The first-order valence-corrected chi connectivity index (χ1v) is 4.40. The molecule has 68 valence electrons. The summed E-state index contributed by atoms with van der Waals surface area (Å²) in [5.74, 6) is 1.32. The Morgan fingerprint density at radius 2 is 2.15 bits per heavy atom. The van der Waals surface area contributed by atoms with Crippen LogP contribution in [0.3, 0.4) is 0 Å². The van der Waals surface area contributed by atoms with Gasteiger partial charge in [0.05, 0.1) is 12.9 Å². The minimum atomic E-state index is 0.440. The van der Waals surface area contributed by atoms with E-state index < -0.39 is 0 Å². The molecule has 0 amide bonds. The molecule has 0 unspecified atom stereocenters. The van der Waals surface area contributed by atoms with Gasteiger partial charge in [-0.05, 0) is 12.1 Å². The Bertz CT molecular complexity index is 284. The van der Waals surface area contributed by atoms with Crippen LogP contribution >= 0.6 is 0 Å². The van der Waals surface area contributed by atoms with Crippen molar-refractivity contribution < 1.29 is 9.15 Å². The number of allylic oxidation sites excluding steroid dienone is 2. The van der Waals surface area contributed by atoms with Crippen LogP contribution in [0.2, 0.25) is 0 Å². The van der Waals surface area contributed by atoms with E-state index in [2.05, 4.69) is 12.2 Å². The van der Waals surface area contributed by atoms with Crippen molar-refractivity contribution in [1.82, 2.24) is 0 Å². The summed E-state index contributed by atoms with van der Waals surface area (Å²) in [6.07, 6.45) is 10.0. The third-order valence-corrected chi connectivity index (χ3v) is 1.96. The Morgan fingerprint density at radius 3 is 2.85 bits per heavy atom. The predicted octanol–water partition coefficient (Wildman–Crippen LogP) is 2.54. The smallest absolute Gasteiger partial charge is 0.129 e. The summed E-state index contributed by atoms with van der Waals surface area (Å²) in [4.78, 5) is 0. The van der Waals surface area contributed by atoms with E-state index in [0.29, 0.717) is 12.5 Å². The van der Waals surface area contributed by atoms with E-state index in [-0.39, 0.29) is 0 Å². The van der Waals surface area contributed by atoms with Gasteiger partial charge in [0.25, 0.3) is 0 Å². The van der Waals surface area contributed by atoms with Crippen LogP contribution in [0.15, 0.2) is 47.1 Å². The van der Waals surface area contributed by atoms with Crippen LogP contribution in [-0.2, 0) is 11.3 Å². The lowest BCUT2D eigenvalue weighted by Gasteiger charge is -2.04. The van der Waals surface area contributed by atoms with Gasteiger partial charge in [0.1, 0.15) is 12.4 Å². The molecule has 0 aromatic carbocycles. The Labute approximate surface area is 77.5 Å². The molecular formula is C11H12O2. The van der Waals surface area contributed by atoms with Crippen LogP contribution < -0.4 is 0 Å². The van der Waals surface area contributed by atoms with Crippen molar-refractivity contribution in [3.05, 3.63) is 48.5 Å². The molecule has 0 radical (unpaired) electrons. The molecule has 2 heteroatoms. The van der Waals surface area contributed by atoms with Gasteiger partial charge < -0.3 is 9.15 Å². The van der Waals surface area contributed by atoms with Gasteiger partial charge in [-0.1, -0.05) is 24.3 Å². The van der Waals surface area contributed by atoms with Crippen molar-refractivity contribution in [2.45, 2.75) is 6.61 Å². The van der Waals surface area contributed by atoms with Crippen molar-refractivity contribution in [2.24, 2.45) is 5.92 Å². The monoisotopic (exact) mass is 176 g/mol. The standard InChI is InChI=1S/C11H12O2/c1-2-5-10(4-1)8-12-9-11-6-3-7-13-11/h1-7,10H,8-9H2. The molecule has 1 aliphatic rings. The highest BCUT2D eigenvalue weighted by Gasteiger charge is 2.03. The molecular weight excluding hydrogens is 164 g/mol. The van der Waals surface area contributed by atoms with E-state index in [1.165, 1.54) is 0 Å². The molecule has 2 rings (SSSR count). The molecule has 13 heavy (non-hydrogen) atoms. The summed E-state index contributed by atoms with van der Waals surface area (Å²) in [5.41, 5.74) is 0. The number of hydrogen-bond acceptors (Lipinski definition) is 2. The summed E-state index contributed by atoms with van der Waals surface area (Å²) in [6, 6.07) is 3.79. The molecule has 1 aromatic rings. The molecule has 1 aromatic heterocycles. The van der Waals surface area contributed by atoms with Gasteiger partial charge in [0.15, 0.2) is 0 Å². The molecule has 1 heterocycles. The molecule has 0 saturated carbocycles. The summed E-state index contributed by atoms with van der Waals surface area (Å²) < 4.78 is 10.6. The number of rotatable bonds is 4. The van der Waals surface area contributed by atoms with Crippen molar-refractivity contribution in [3.8, 4) is 0 Å². The molecule has 0 atom stereocenters. The van der Waals surface area contributed by atoms with Crippen LogP contribution in [0.5, 0.6) is 0 Å². The number of hydrogen-bond donors (Lipinski definition) is 0. The minimum absolute atomic E-state index is 0.440. The van der Waals surface area contributed by atoms with Gasteiger partial charge in [-0.25, -0.2) is 0 Å². The van der Waals surface area contributed by atoms with Gasteiger partial charge >= 0.3 is 0 Å². The second-order valence-electron chi connectivity index (χ2n) is 3.03. The molecule has 0 N–H and O–H groups in total. The maximum absolute atomic E-state index is 5.47. The predicted molar refractivity (Wildman–Crippen MR) is 50.1 cm³/mol. The highest BCUT2D eigenvalue weighted by molar-refractivity contribution is 5.17. The van der Waals surface area contributed by atoms with Crippen LogP contribution in [0.1, 0.15) is 5.76 Å². The van der Waals surface area contributed by atoms with E-state index in [1.807, 2.05) is 24.3 Å². The quantitative estimate of drug-likeness (QED) is 0.703. The van der Waals surface area contributed by atoms with Gasteiger partial charge in [0, 0.05) is 5.92 Å². The molecule has 1 aliphatic carbocycles. The lowest BCUT2D eigenvalue weighted by atomic mass is 10.2. The fourth-order valence-corrected chi connectivity index (χ4v) is 1.28. The lowest BCUT2D eigenvalue weighted by molar-refractivity contribution is 0.0964. The van der Waals surface area contributed by atoms with Crippen molar-refractivity contribution in [3.63, 3.8) is 0 Å². The second kappa shape index (κ2) is 4.10. The number of ether oxygens (including phenoxy) is 1. The first-order chi connectivity index (χ1) is 6.45. The van der Waals surface area contributed by atoms with Crippen molar-refractivity contribution in [2.75, 3.05) is 6.61 Å². The topological polar surface area (TPSA) is 22.4 Å². The Balaban J connectivity index is 1.69. The van der Waals surface area contributed by atoms with Crippen molar-refractivity contribution in [1.29, 1.82) is 0 Å². The third kappa shape index (κ3) is 2.33. The summed E-state index contributed by atoms with van der Waals surface area (Å²) in [6.45, 7) is 1.29.